The molecule has 1 aromatic carbocycles. The smallest absolute Gasteiger partial charge is 0.230 e. The third-order valence-corrected chi connectivity index (χ3v) is 6.83. The number of H-pyrrole nitrogens is 1. The van der Waals surface area contributed by atoms with Gasteiger partial charge >= 0.3 is 0 Å². The van der Waals surface area contributed by atoms with Crippen molar-refractivity contribution in [1.82, 2.24) is 20.2 Å². The Morgan fingerprint density at radius 3 is 2.87 bits per heavy atom. The monoisotopic (exact) mass is 428 g/mol. The van der Waals surface area contributed by atoms with Crippen molar-refractivity contribution in [2.45, 2.75) is 63.8 Å². The molecular formula is C24H33ClN4O. The highest BCUT2D eigenvalue weighted by molar-refractivity contribution is 6.30. The Balaban J connectivity index is 1.26. The van der Waals surface area contributed by atoms with E-state index in [1.54, 1.807) is 0 Å². The number of rotatable bonds is 9. The number of benzene rings is 1. The molecule has 1 amide bonds. The first kappa shape index (κ1) is 21.4. The molecule has 2 aliphatic rings. The molecule has 2 heterocycles. The SMILES string of the molecule is CCCCc1ncc(CN2CCC[C@@H](CNC(=O)C3(c4ccc(Cl)cc4)CC3)C2)[nH]1. The lowest BCUT2D eigenvalue weighted by molar-refractivity contribution is -0.123. The number of carbonyl (C=O) groups excluding carboxylic acids is 1. The first-order valence-electron chi connectivity index (χ1n) is 11.4. The van der Waals surface area contributed by atoms with Gasteiger partial charge in [-0.05, 0) is 62.3 Å². The van der Waals surface area contributed by atoms with E-state index in [0.717, 1.165) is 56.8 Å². The summed E-state index contributed by atoms with van der Waals surface area (Å²) in [4.78, 5) is 23.4. The summed E-state index contributed by atoms with van der Waals surface area (Å²) in [7, 11) is 0. The first-order valence-corrected chi connectivity index (χ1v) is 11.8. The quantitative estimate of drug-likeness (QED) is 0.619. The van der Waals surface area contributed by atoms with Crippen LogP contribution in [0.3, 0.4) is 0 Å². The minimum atomic E-state index is -0.330. The average molecular weight is 429 g/mol. The molecule has 2 fully saturated rings. The zero-order valence-electron chi connectivity index (χ0n) is 17.9. The Kier molecular flexibility index (Phi) is 6.79. The Hall–Kier alpha value is -1.85. The molecule has 0 unspecified atom stereocenters. The summed E-state index contributed by atoms with van der Waals surface area (Å²) in [6, 6.07) is 7.76. The number of halogens is 1. The number of unbranched alkanes of at least 4 members (excludes halogenated alkanes) is 1. The van der Waals surface area contributed by atoms with Gasteiger partial charge in [0.25, 0.3) is 0 Å². The van der Waals surface area contributed by atoms with E-state index in [-0.39, 0.29) is 11.3 Å². The molecule has 6 heteroatoms. The van der Waals surface area contributed by atoms with Gasteiger partial charge in [-0.25, -0.2) is 4.98 Å². The molecule has 162 valence electrons. The number of nitrogens with one attached hydrogen (secondary N) is 2. The Bertz CT molecular complexity index is 843. The van der Waals surface area contributed by atoms with Gasteiger partial charge in [-0.15, -0.1) is 0 Å². The van der Waals surface area contributed by atoms with Crippen molar-refractivity contribution < 1.29 is 4.79 Å². The zero-order chi connectivity index (χ0) is 21.0. The van der Waals surface area contributed by atoms with E-state index in [0.29, 0.717) is 10.9 Å². The minimum absolute atomic E-state index is 0.177. The highest BCUT2D eigenvalue weighted by Gasteiger charge is 2.51. The molecule has 1 saturated carbocycles. The normalized spacial score (nSPS) is 20.8. The second-order valence-corrected chi connectivity index (χ2v) is 9.44. The van der Waals surface area contributed by atoms with Crippen LogP contribution in [0.4, 0.5) is 0 Å². The maximum Gasteiger partial charge on any atom is 0.230 e. The second kappa shape index (κ2) is 9.52. The van der Waals surface area contributed by atoms with E-state index >= 15 is 0 Å². The highest BCUT2D eigenvalue weighted by atomic mass is 35.5. The van der Waals surface area contributed by atoms with Crippen molar-refractivity contribution in [2.24, 2.45) is 5.92 Å². The highest BCUT2D eigenvalue weighted by Crippen LogP contribution is 2.48. The van der Waals surface area contributed by atoms with Crippen LogP contribution in [-0.4, -0.2) is 40.4 Å². The largest absolute Gasteiger partial charge is 0.355 e. The molecule has 1 aromatic heterocycles. The fraction of sp³-hybridized carbons (Fsp3) is 0.583. The van der Waals surface area contributed by atoms with E-state index < -0.39 is 0 Å². The van der Waals surface area contributed by atoms with Crippen molar-refractivity contribution in [1.29, 1.82) is 0 Å². The van der Waals surface area contributed by atoms with Gasteiger partial charge in [0, 0.05) is 43.0 Å². The van der Waals surface area contributed by atoms with Gasteiger partial charge in [0.1, 0.15) is 5.82 Å². The van der Waals surface area contributed by atoms with Gasteiger partial charge in [-0.2, -0.15) is 0 Å². The number of piperidine rings is 1. The number of aromatic amines is 1. The molecule has 5 nitrogen and oxygen atoms in total. The fourth-order valence-electron chi connectivity index (χ4n) is 4.61. The molecule has 1 aliphatic carbocycles. The van der Waals surface area contributed by atoms with E-state index in [2.05, 4.69) is 27.1 Å². The number of nitrogens with zero attached hydrogens (tertiary/aromatic N) is 2. The lowest BCUT2D eigenvalue weighted by Gasteiger charge is -2.32. The predicted octanol–water partition coefficient (Wildman–Crippen LogP) is 4.47. The molecule has 2 N–H and O–H groups in total. The minimum Gasteiger partial charge on any atom is -0.355 e. The predicted molar refractivity (Wildman–Crippen MR) is 121 cm³/mol. The first-order chi connectivity index (χ1) is 14.6. The van der Waals surface area contributed by atoms with Crippen molar-refractivity contribution in [3.8, 4) is 0 Å². The Labute approximate surface area is 184 Å². The van der Waals surface area contributed by atoms with Crippen molar-refractivity contribution in [3.05, 3.63) is 52.6 Å². The summed E-state index contributed by atoms with van der Waals surface area (Å²) in [5.41, 5.74) is 1.96. The molecule has 0 radical (unpaired) electrons. The Morgan fingerprint density at radius 1 is 1.33 bits per heavy atom. The summed E-state index contributed by atoms with van der Waals surface area (Å²) in [6.07, 6.45) is 9.59. The number of carbonyl (C=O) groups is 1. The third-order valence-electron chi connectivity index (χ3n) is 6.58. The van der Waals surface area contributed by atoms with Crippen molar-refractivity contribution >= 4 is 17.5 Å². The number of aromatic nitrogens is 2. The molecule has 1 aliphatic heterocycles. The van der Waals surface area contributed by atoms with E-state index in [4.69, 9.17) is 11.6 Å². The van der Waals surface area contributed by atoms with Gasteiger partial charge in [0.2, 0.25) is 5.91 Å². The summed E-state index contributed by atoms with van der Waals surface area (Å²) >= 11 is 6.01. The van der Waals surface area contributed by atoms with Crippen LogP contribution < -0.4 is 5.32 Å². The topological polar surface area (TPSA) is 61.0 Å². The van der Waals surface area contributed by atoms with Gasteiger partial charge in [-0.3, -0.25) is 9.69 Å². The number of hydrogen-bond acceptors (Lipinski definition) is 3. The van der Waals surface area contributed by atoms with Crippen LogP contribution in [-0.2, 0) is 23.2 Å². The third kappa shape index (κ3) is 5.06. The summed E-state index contributed by atoms with van der Waals surface area (Å²) < 4.78 is 0. The molecular weight excluding hydrogens is 396 g/mol. The summed E-state index contributed by atoms with van der Waals surface area (Å²) in [6.45, 7) is 6.02. The second-order valence-electron chi connectivity index (χ2n) is 9.00. The maximum absolute atomic E-state index is 12.9. The van der Waals surface area contributed by atoms with Crippen LogP contribution in [0.2, 0.25) is 5.02 Å². The van der Waals surface area contributed by atoms with E-state index in [9.17, 15) is 4.79 Å². The molecule has 1 saturated heterocycles. The van der Waals surface area contributed by atoms with Crippen LogP contribution >= 0.6 is 11.6 Å². The number of imidazole rings is 1. The lowest BCUT2D eigenvalue weighted by atomic mass is 9.93. The number of aryl methyl sites for hydroxylation is 1. The van der Waals surface area contributed by atoms with Gasteiger partial charge < -0.3 is 10.3 Å². The fourth-order valence-corrected chi connectivity index (χ4v) is 4.73. The number of likely N-dealkylation sites (tertiary alicyclic amines) is 1. The zero-order valence-corrected chi connectivity index (χ0v) is 18.7. The Morgan fingerprint density at radius 2 is 2.13 bits per heavy atom. The van der Waals surface area contributed by atoms with Crippen LogP contribution in [0, 0.1) is 5.92 Å². The molecule has 0 bridgehead atoms. The maximum atomic E-state index is 12.9. The van der Waals surface area contributed by atoms with Gasteiger partial charge in [-0.1, -0.05) is 37.1 Å². The molecule has 1 atom stereocenters. The van der Waals surface area contributed by atoms with Crippen LogP contribution in [0.25, 0.3) is 0 Å². The van der Waals surface area contributed by atoms with Crippen LogP contribution in [0.1, 0.15) is 62.5 Å². The van der Waals surface area contributed by atoms with E-state index in [1.807, 2.05) is 30.5 Å². The molecule has 30 heavy (non-hydrogen) atoms. The van der Waals surface area contributed by atoms with Crippen molar-refractivity contribution in [3.63, 3.8) is 0 Å². The summed E-state index contributed by atoms with van der Waals surface area (Å²) in [5, 5.41) is 3.98. The van der Waals surface area contributed by atoms with Crippen molar-refractivity contribution in [2.75, 3.05) is 19.6 Å². The lowest BCUT2D eigenvalue weighted by Crippen LogP contribution is -2.43. The van der Waals surface area contributed by atoms with E-state index in [1.165, 1.54) is 31.4 Å². The van der Waals surface area contributed by atoms with Crippen LogP contribution in [0.15, 0.2) is 30.5 Å². The molecule has 2 aromatic rings. The molecule has 0 spiro atoms. The number of amides is 1. The summed E-state index contributed by atoms with van der Waals surface area (Å²) in [5.74, 6) is 1.78. The standard InChI is InChI=1S/C24H33ClN4O/c1-2-3-6-22-26-15-21(28-22)17-29-13-4-5-18(16-29)14-27-23(30)24(11-12-24)19-7-9-20(25)10-8-19/h7-10,15,18H,2-6,11-14,16-17H2,1H3,(H,26,28)(H,27,30)/t18-/m0/s1. The molecule has 4 rings (SSSR count). The van der Waals surface area contributed by atoms with Gasteiger partial charge in [0.05, 0.1) is 5.41 Å². The average Bonchev–Trinajstić information content (AvgIpc) is 3.45. The van der Waals surface area contributed by atoms with Gasteiger partial charge in [0.15, 0.2) is 0 Å². The van der Waals surface area contributed by atoms with Crippen LogP contribution in [0.5, 0.6) is 0 Å². The number of hydrogen-bond donors (Lipinski definition) is 2.